The molecule has 0 atom stereocenters. The smallest absolute Gasteiger partial charge is 0.165 e. The minimum Gasteiger partial charge on any atom is -0.505 e. The number of aliphatic imine (C=N–C) groups is 1. The van der Waals surface area contributed by atoms with Crippen molar-refractivity contribution in [1.82, 2.24) is 0 Å². The summed E-state index contributed by atoms with van der Waals surface area (Å²) in [6.07, 6.45) is 5.11. The Labute approximate surface area is 94.5 Å². The molecule has 0 aliphatic heterocycles. The van der Waals surface area contributed by atoms with Gasteiger partial charge in [-0.15, -0.1) is 0 Å². The van der Waals surface area contributed by atoms with Crippen molar-refractivity contribution < 1.29 is 9.50 Å². The van der Waals surface area contributed by atoms with Gasteiger partial charge in [0.2, 0.25) is 0 Å². The van der Waals surface area contributed by atoms with Crippen LogP contribution in [0.5, 0.6) is 5.75 Å². The first kappa shape index (κ1) is 12.2. The zero-order chi connectivity index (χ0) is 12.0. The van der Waals surface area contributed by atoms with Gasteiger partial charge in [-0.2, -0.15) is 0 Å². The second-order valence-corrected chi connectivity index (χ2v) is 3.12. The topological polar surface area (TPSA) is 32.6 Å². The van der Waals surface area contributed by atoms with Gasteiger partial charge in [-0.05, 0) is 31.2 Å². The summed E-state index contributed by atoms with van der Waals surface area (Å²) >= 11 is 0. The van der Waals surface area contributed by atoms with Crippen LogP contribution in [0, 0.1) is 5.82 Å². The van der Waals surface area contributed by atoms with E-state index in [9.17, 15) is 4.39 Å². The van der Waals surface area contributed by atoms with Crippen LogP contribution in [0.25, 0.3) is 0 Å². The van der Waals surface area contributed by atoms with Crippen molar-refractivity contribution in [2.24, 2.45) is 4.99 Å². The molecule has 0 bridgehead atoms. The van der Waals surface area contributed by atoms with Crippen molar-refractivity contribution >= 4 is 5.71 Å². The quantitative estimate of drug-likeness (QED) is 0.612. The number of hydrogen-bond donors (Lipinski definition) is 1. The first-order valence-corrected chi connectivity index (χ1v) is 5.01. The number of hydrogen-bond acceptors (Lipinski definition) is 2. The predicted octanol–water partition coefficient (Wildman–Crippen LogP) is 3.08. The highest BCUT2D eigenvalue weighted by molar-refractivity contribution is 6.08. The summed E-state index contributed by atoms with van der Waals surface area (Å²) in [5.74, 6) is -0.999. The molecule has 1 aromatic carbocycles. The fourth-order valence-electron chi connectivity index (χ4n) is 1.24. The minimum absolute atomic E-state index is 0.354. The van der Waals surface area contributed by atoms with Crippen LogP contribution >= 0.6 is 0 Å². The highest BCUT2D eigenvalue weighted by atomic mass is 19.1. The first-order valence-electron chi connectivity index (χ1n) is 5.01. The lowest BCUT2D eigenvalue weighted by Gasteiger charge is -2.02. The van der Waals surface area contributed by atoms with Gasteiger partial charge in [0, 0.05) is 12.1 Å². The molecule has 0 spiro atoms. The Morgan fingerprint density at radius 3 is 2.88 bits per heavy atom. The summed E-state index contributed by atoms with van der Waals surface area (Å²) in [5.41, 5.74) is 1.30. The first-order chi connectivity index (χ1) is 7.69. The normalized spacial score (nSPS) is 12.0. The summed E-state index contributed by atoms with van der Waals surface area (Å²) in [5, 5.41) is 9.08. The van der Waals surface area contributed by atoms with Gasteiger partial charge in [0.25, 0.3) is 0 Å². The molecule has 0 heterocycles. The van der Waals surface area contributed by atoms with Crippen molar-refractivity contribution in [3.8, 4) is 5.75 Å². The van der Waals surface area contributed by atoms with Crippen LogP contribution in [-0.2, 0) is 0 Å². The van der Waals surface area contributed by atoms with E-state index < -0.39 is 5.82 Å². The van der Waals surface area contributed by atoms with Crippen molar-refractivity contribution in [1.29, 1.82) is 0 Å². The fourth-order valence-corrected chi connectivity index (χ4v) is 1.24. The zero-order valence-electron chi connectivity index (χ0n) is 9.15. The van der Waals surface area contributed by atoms with Gasteiger partial charge in [-0.1, -0.05) is 18.7 Å². The average molecular weight is 219 g/mol. The van der Waals surface area contributed by atoms with Crippen molar-refractivity contribution in [3.63, 3.8) is 0 Å². The molecule has 0 radical (unpaired) electrons. The van der Waals surface area contributed by atoms with Crippen molar-refractivity contribution in [2.45, 2.75) is 6.92 Å². The molecular formula is C13H14FNO. The Morgan fingerprint density at radius 1 is 1.56 bits per heavy atom. The lowest BCUT2D eigenvalue weighted by molar-refractivity contribution is 0.432. The third-order valence-corrected chi connectivity index (χ3v) is 1.96. The summed E-state index contributed by atoms with van der Waals surface area (Å²) in [7, 11) is 0. The number of nitrogens with zero attached hydrogens (tertiary/aromatic N) is 1. The molecule has 0 saturated heterocycles. The van der Waals surface area contributed by atoms with Gasteiger partial charge < -0.3 is 5.11 Å². The molecule has 0 aliphatic rings. The highest BCUT2D eigenvalue weighted by Gasteiger charge is 2.04. The van der Waals surface area contributed by atoms with Gasteiger partial charge >= 0.3 is 0 Å². The molecule has 0 fully saturated rings. The Morgan fingerprint density at radius 2 is 2.31 bits per heavy atom. The van der Waals surface area contributed by atoms with Crippen LogP contribution in [-0.4, -0.2) is 17.4 Å². The number of benzene rings is 1. The van der Waals surface area contributed by atoms with Gasteiger partial charge in [-0.3, -0.25) is 4.99 Å². The maximum Gasteiger partial charge on any atom is 0.165 e. The van der Waals surface area contributed by atoms with E-state index in [-0.39, 0.29) is 5.75 Å². The van der Waals surface area contributed by atoms with Gasteiger partial charge in [0.15, 0.2) is 11.6 Å². The van der Waals surface area contributed by atoms with E-state index >= 15 is 0 Å². The Kier molecular flexibility index (Phi) is 4.45. The van der Waals surface area contributed by atoms with Gasteiger partial charge in [-0.25, -0.2) is 4.39 Å². The van der Waals surface area contributed by atoms with Crippen LogP contribution in [0.15, 0.2) is 48.0 Å². The highest BCUT2D eigenvalue weighted by Crippen LogP contribution is 2.17. The van der Waals surface area contributed by atoms with E-state index in [1.807, 2.05) is 6.92 Å². The van der Waals surface area contributed by atoms with Crippen LogP contribution in [0.3, 0.4) is 0 Å². The van der Waals surface area contributed by atoms with Crippen LogP contribution in [0.2, 0.25) is 0 Å². The molecule has 3 heteroatoms. The van der Waals surface area contributed by atoms with Crippen LogP contribution < -0.4 is 0 Å². The molecule has 0 unspecified atom stereocenters. The van der Waals surface area contributed by atoms with Crippen molar-refractivity contribution in [3.05, 3.63) is 54.4 Å². The molecule has 1 N–H and O–H groups in total. The van der Waals surface area contributed by atoms with Crippen molar-refractivity contribution in [2.75, 3.05) is 6.54 Å². The van der Waals surface area contributed by atoms with Gasteiger partial charge in [0.1, 0.15) is 0 Å². The van der Waals surface area contributed by atoms with E-state index in [1.165, 1.54) is 12.1 Å². The predicted molar refractivity (Wildman–Crippen MR) is 64.5 cm³/mol. The van der Waals surface area contributed by atoms with E-state index in [1.54, 1.807) is 24.3 Å². The van der Waals surface area contributed by atoms with E-state index in [0.717, 1.165) is 0 Å². The lowest BCUT2D eigenvalue weighted by Crippen LogP contribution is -1.98. The molecule has 2 nitrogen and oxygen atoms in total. The maximum absolute atomic E-state index is 13.2. The second kappa shape index (κ2) is 5.85. The maximum atomic E-state index is 13.2. The Hall–Kier alpha value is -1.90. The molecule has 1 aromatic rings. The number of phenolic OH excluding ortho intramolecular Hbond substituents is 1. The molecule has 0 aromatic heterocycles. The number of rotatable bonds is 4. The molecule has 1 rings (SSSR count). The summed E-state index contributed by atoms with van der Waals surface area (Å²) in [6, 6.07) is 4.20. The van der Waals surface area contributed by atoms with E-state index in [2.05, 4.69) is 11.6 Å². The molecular weight excluding hydrogens is 205 g/mol. The number of halogens is 1. The monoisotopic (exact) mass is 219 g/mol. The summed E-state index contributed by atoms with van der Waals surface area (Å²) < 4.78 is 13.2. The standard InChI is InChI=1S/C13H14FNO/c1-3-5-6-12(15-4-2)10-7-8-13(16)11(14)9-10/h3,5-9,16H,1,4H2,2H3/b6-5-,15-12?. The van der Waals surface area contributed by atoms with Crippen LogP contribution in [0.4, 0.5) is 4.39 Å². The Balaban J connectivity index is 3.11. The number of allylic oxidation sites excluding steroid dienone is 3. The lowest BCUT2D eigenvalue weighted by atomic mass is 10.1. The average Bonchev–Trinajstić information content (AvgIpc) is 2.28. The molecule has 16 heavy (non-hydrogen) atoms. The van der Waals surface area contributed by atoms with Crippen LogP contribution in [0.1, 0.15) is 12.5 Å². The third-order valence-electron chi connectivity index (χ3n) is 1.96. The second-order valence-electron chi connectivity index (χ2n) is 3.12. The molecule has 84 valence electrons. The summed E-state index contributed by atoms with van der Waals surface area (Å²) in [6.45, 7) is 6.07. The molecule has 0 amide bonds. The zero-order valence-corrected chi connectivity index (χ0v) is 9.15. The SMILES string of the molecule is C=C/C=C\C(=NCC)c1ccc(O)c(F)c1. The Bertz CT molecular complexity index is 436. The molecule has 0 aliphatic carbocycles. The minimum atomic E-state index is -0.645. The molecule has 0 saturated carbocycles. The third kappa shape index (κ3) is 3.05. The van der Waals surface area contributed by atoms with Gasteiger partial charge in [0.05, 0.1) is 5.71 Å². The largest absolute Gasteiger partial charge is 0.505 e. The fraction of sp³-hybridized carbons (Fsp3) is 0.154. The summed E-state index contributed by atoms with van der Waals surface area (Å²) in [4.78, 5) is 4.24. The van der Waals surface area contributed by atoms with E-state index in [4.69, 9.17) is 5.11 Å². The van der Waals surface area contributed by atoms with E-state index in [0.29, 0.717) is 17.8 Å². The number of phenols is 1. The number of aromatic hydroxyl groups is 1.